The monoisotopic (exact) mass is 184 g/mol. The molecule has 0 bridgehead atoms. The summed E-state index contributed by atoms with van der Waals surface area (Å²) in [5.41, 5.74) is 5.65. The van der Waals surface area contributed by atoms with E-state index in [9.17, 15) is 0 Å². The zero-order valence-corrected chi connectivity index (χ0v) is 8.15. The lowest BCUT2D eigenvalue weighted by atomic mass is 10.3. The summed E-state index contributed by atoms with van der Waals surface area (Å²) in [5.74, 6) is 1.79. The van der Waals surface area contributed by atoms with Gasteiger partial charge in [-0.15, -0.1) is 0 Å². The Morgan fingerprint density at radius 1 is 1.17 bits per heavy atom. The molecule has 0 heterocycles. The fraction of sp³-hybridized carbons (Fsp3) is 0.889. The van der Waals surface area contributed by atoms with Crippen molar-refractivity contribution < 1.29 is 0 Å². The molecule has 0 saturated heterocycles. The molecule has 0 radical (unpaired) electrons. The third-order valence-corrected chi connectivity index (χ3v) is 2.92. The van der Waals surface area contributed by atoms with Gasteiger partial charge in [-0.05, 0) is 49.7 Å². The van der Waals surface area contributed by atoms with Gasteiger partial charge < -0.3 is 10.6 Å². The van der Waals surface area contributed by atoms with Crippen LogP contribution in [0.3, 0.4) is 0 Å². The van der Waals surface area contributed by atoms with Crippen LogP contribution in [0.1, 0.15) is 25.7 Å². The first kappa shape index (κ1) is 8.30. The van der Waals surface area contributed by atoms with E-state index in [2.05, 4.69) is 4.90 Å². The molecule has 0 aliphatic heterocycles. The van der Waals surface area contributed by atoms with E-state index in [-0.39, 0.29) is 0 Å². The molecule has 0 aromatic heterocycles. The lowest BCUT2D eigenvalue weighted by molar-refractivity contribution is 0.385. The third kappa shape index (κ3) is 2.34. The summed E-state index contributed by atoms with van der Waals surface area (Å²) in [6.07, 6.45) is 5.52. The van der Waals surface area contributed by atoms with Crippen LogP contribution >= 0.6 is 12.2 Å². The molecule has 2 rings (SSSR count). The largest absolute Gasteiger partial charge is 0.376 e. The SMILES string of the molecule is NC(=S)N(CC1CC1)CC1CC1. The maximum absolute atomic E-state index is 5.65. The number of hydrogen-bond donors (Lipinski definition) is 1. The van der Waals surface area contributed by atoms with Crippen LogP contribution in [0.25, 0.3) is 0 Å². The summed E-state index contributed by atoms with van der Waals surface area (Å²) < 4.78 is 0. The highest BCUT2D eigenvalue weighted by Gasteiger charge is 2.29. The predicted octanol–water partition coefficient (Wildman–Crippen LogP) is 1.35. The highest BCUT2D eigenvalue weighted by atomic mass is 32.1. The van der Waals surface area contributed by atoms with Crippen molar-refractivity contribution in [2.24, 2.45) is 17.6 Å². The molecule has 2 aliphatic carbocycles. The van der Waals surface area contributed by atoms with Crippen molar-refractivity contribution in [1.29, 1.82) is 0 Å². The number of nitrogens with zero attached hydrogens (tertiary/aromatic N) is 1. The van der Waals surface area contributed by atoms with Crippen molar-refractivity contribution in [3.63, 3.8) is 0 Å². The molecule has 0 atom stereocenters. The van der Waals surface area contributed by atoms with Gasteiger partial charge in [-0.1, -0.05) is 0 Å². The van der Waals surface area contributed by atoms with Crippen LogP contribution in [0.5, 0.6) is 0 Å². The van der Waals surface area contributed by atoms with Crippen molar-refractivity contribution in [3.05, 3.63) is 0 Å². The van der Waals surface area contributed by atoms with E-state index in [1.165, 1.54) is 25.7 Å². The van der Waals surface area contributed by atoms with Crippen molar-refractivity contribution in [2.75, 3.05) is 13.1 Å². The van der Waals surface area contributed by atoms with Gasteiger partial charge in [-0.25, -0.2) is 0 Å². The van der Waals surface area contributed by atoms with Gasteiger partial charge in [-0.3, -0.25) is 0 Å². The maximum Gasteiger partial charge on any atom is 0.166 e. The van der Waals surface area contributed by atoms with Gasteiger partial charge in [0.05, 0.1) is 0 Å². The minimum absolute atomic E-state index is 0.605. The van der Waals surface area contributed by atoms with Crippen LogP contribution in [0.4, 0.5) is 0 Å². The Balaban J connectivity index is 1.77. The van der Waals surface area contributed by atoms with Crippen molar-refractivity contribution >= 4 is 17.3 Å². The van der Waals surface area contributed by atoms with Crippen molar-refractivity contribution in [1.82, 2.24) is 4.90 Å². The van der Waals surface area contributed by atoms with E-state index in [4.69, 9.17) is 18.0 Å². The number of nitrogens with two attached hydrogens (primary N) is 1. The maximum atomic E-state index is 5.65. The Kier molecular flexibility index (Phi) is 2.22. The average molecular weight is 184 g/mol. The molecule has 2 N–H and O–H groups in total. The van der Waals surface area contributed by atoms with Crippen LogP contribution < -0.4 is 5.73 Å². The Labute approximate surface area is 79.1 Å². The summed E-state index contributed by atoms with van der Waals surface area (Å²) >= 11 is 5.01. The first-order valence-electron chi connectivity index (χ1n) is 4.80. The van der Waals surface area contributed by atoms with Crippen molar-refractivity contribution in [3.8, 4) is 0 Å². The molecule has 68 valence electrons. The molecule has 0 aromatic rings. The molecular weight excluding hydrogens is 168 g/mol. The van der Waals surface area contributed by atoms with Crippen LogP contribution in [0.2, 0.25) is 0 Å². The topological polar surface area (TPSA) is 29.3 Å². The van der Waals surface area contributed by atoms with E-state index >= 15 is 0 Å². The second-order valence-electron chi connectivity index (χ2n) is 4.13. The molecule has 0 spiro atoms. The predicted molar refractivity (Wildman–Crippen MR) is 53.8 cm³/mol. The van der Waals surface area contributed by atoms with Gasteiger partial charge in [-0.2, -0.15) is 0 Å². The quantitative estimate of drug-likeness (QED) is 0.669. The molecule has 2 saturated carbocycles. The first-order chi connectivity index (χ1) is 5.75. The second-order valence-corrected chi connectivity index (χ2v) is 4.55. The van der Waals surface area contributed by atoms with Gasteiger partial charge in [0, 0.05) is 13.1 Å². The lowest BCUT2D eigenvalue weighted by Crippen LogP contribution is -2.38. The van der Waals surface area contributed by atoms with Crippen LogP contribution in [0.15, 0.2) is 0 Å². The second kappa shape index (κ2) is 3.21. The van der Waals surface area contributed by atoms with E-state index in [0.717, 1.165) is 24.9 Å². The van der Waals surface area contributed by atoms with Gasteiger partial charge in [0.1, 0.15) is 0 Å². The lowest BCUT2D eigenvalue weighted by Gasteiger charge is -2.22. The molecular formula is C9H16N2S. The smallest absolute Gasteiger partial charge is 0.166 e. The highest BCUT2D eigenvalue weighted by Crippen LogP contribution is 2.33. The number of thiocarbonyl (C=S) groups is 1. The normalized spacial score (nSPS) is 22.3. The molecule has 0 aromatic carbocycles. The molecule has 0 unspecified atom stereocenters. The summed E-state index contributed by atoms with van der Waals surface area (Å²) in [6, 6.07) is 0. The molecule has 3 heteroatoms. The highest BCUT2D eigenvalue weighted by molar-refractivity contribution is 7.80. The third-order valence-electron chi connectivity index (χ3n) is 2.66. The number of hydrogen-bond acceptors (Lipinski definition) is 1. The number of rotatable bonds is 4. The minimum Gasteiger partial charge on any atom is -0.376 e. The standard InChI is InChI=1S/C9H16N2S/c10-9(12)11(5-7-1-2-7)6-8-3-4-8/h7-8H,1-6H2,(H2,10,12). The molecule has 2 aliphatic rings. The molecule has 2 fully saturated rings. The van der Waals surface area contributed by atoms with Gasteiger partial charge in [0.2, 0.25) is 0 Å². The fourth-order valence-electron chi connectivity index (χ4n) is 1.48. The van der Waals surface area contributed by atoms with E-state index in [0.29, 0.717) is 5.11 Å². The fourth-order valence-corrected chi connectivity index (χ4v) is 1.63. The van der Waals surface area contributed by atoms with E-state index in [1.807, 2.05) is 0 Å². The van der Waals surface area contributed by atoms with Gasteiger partial charge in [0.15, 0.2) is 5.11 Å². The van der Waals surface area contributed by atoms with Crippen LogP contribution in [-0.4, -0.2) is 23.1 Å². The van der Waals surface area contributed by atoms with Crippen LogP contribution in [0, 0.1) is 11.8 Å². The minimum atomic E-state index is 0.605. The molecule has 2 nitrogen and oxygen atoms in total. The molecule has 0 amide bonds. The Morgan fingerprint density at radius 3 is 1.83 bits per heavy atom. The Bertz CT molecular complexity index is 171. The van der Waals surface area contributed by atoms with Gasteiger partial charge >= 0.3 is 0 Å². The molecule has 12 heavy (non-hydrogen) atoms. The summed E-state index contributed by atoms with van der Waals surface area (Å²) in [6.45, 7) is 2.23. The summed E-state index contributed by atoms with van der Waals surface area (Å²) in [7, 11) is 0. The van der Waals surface area contributed by atoms with Crippen molar-refractivity contribution in [2.45, 2.75) is 25.7 Å². The average Bonchev–Trinajstić information content (AvgIpc) is 2.78. The Hall–Kier alpha value is -0.310. The summed E-state index contributed by atoms with van der Waals surface area (Å²) in [4.78, 5) is 2.20. The summed E-state index contributed by atoms with van der Waals surface area (Å²) in [5, 5.41) is 0.605. The van der Waals surface area contributed by atoms with E-state index < -0.39 is 0 Å². The van der Waals surface area contributed by atoms with Crippen LogP contribution in [-0.2, 0) is 0 Å². The zero-order chi connectivity index (χ0) is 8.55. The zero-order valence-electron chi connectivity index (χ0n) is 7.33. The van der Waals surface area contributed by atoms with E-state index in [1.54, 1.807) is 0 Å². The van der Waals surface area contributed by atoms with Gasteiger partial charge in [0.25, 0.3) is 0 Å². The Morgan fingerprint density at radius 2 is 1.58 bits per heavy atom. The first-order valence-corrected chi connectivity index (χ1v) is 5.21.